The van der Waals surface area contributed by atoms with Crippen molar-refractivity contribution in [1.29, 1.82) is 0 Å². The van der Waals surface area contributed by atoms with Crippen LogP contribution in [0, 0.1) is 5.41 Å². The summed E-state index contributed by atoms with van der Waals surface area (Å²) in [6, 6.07) is 0. The highest BCUT2D eigenvalue weighted by Crippen LogP contribution is 2.39. The maximum absolute atomic E-state index is 5.45. The molecule has 0 radical (unpaired) electrons. The van der Waals surface area contributed by atoms with E-state index in [9.17, 15) is 0 Å². The molecule has 1 spiro atoms. The van der Waals surface area contributed by atoms with Crippen molar-refractivity contribution in [3.63, 3.8) is 0 Å². The van der Waals surface area contributed by atoms with Gasteiger partial charge >= 0.3 is 0 Å². The van der Waals surface area contributed by atoms with E-state index in [1.54, 1.807) is 0 Å². The smallest absolute Gasteiger partial charge is 0.0471 e. The van der Waals surface area contributed by atoms with Gasteiger partial charge in [-0.25, -0.2) is 0 Å². The monoisotopic (exact) mass is 245 g/mol. The van der Waals surface area contributed by atoms with Gasteiger partial charge in [-0.3, -0.25) is 0 Å². The third-order valence-corrected chi connectivity index (χ3v) is 3.90. The first-order chi connectivity index (χ1) is 7.85. The van der Waals surface area contributed by atoms with Crippen LogP contribution in [0.25, 0.3) is 0 Å². The van der Waals surface area contributed by atoms with Crippen LogP contribution in [-0.4, -0.2) is 44.4 Å². The van der Waals surface area contributed by atoms with Crippen LogP contribution in [-0.2, 0) is 4.74 Å². The Bertz CT molecular complexity index is 181. The first-order valence-electron chi connectivity index (χ1n) is 6.72. The molecular weight excluding hydrogens is 217 g/mol. The fraction of sp³-hybridized carbons (Fsp3) is 1.00. The zero-order valence-electron chi connectivity index (χ0n) is 11.0. The molecule has 0 aliphatic carbocycles. The number of nitrogens with zero attached hydrogens (tertiary/aromatic N) is 1. The lowest BCUT2D eigenvalue weighted by Crippen LogP contribution is -2.33. The van der Waals surface area contributed by atoms with Crippen LogP contribution < -0.4 is 0 Å². The largest absolute Gasteiger partial charge is 0.381 e. The Kier molecular flexibility index (Phi) is 6.87. The highest BCUT2D eigenvalue weighted by atomic mass is 31.0. The van der Waals surface area contributed by atoms with Gasteiger partial charge < -0.3 is 9.64 Å². The summed E-state index contributed by atoms with van der Waals surface area (Å²) in [6.07, 6.45) is 6.71. The summed E-state index contributed by atoms with van der Waals surface area (Å²) < 4.78 is 5.45. The van der Waals surface area contributed by atoms with E-state index in [1.165, 1.54) is 51.7 Å². The number of ether oxygens (including phenoxy) is 1. The summed E-state index contributed by atoms with van der Waals surface area (Å²) in [5.41, 5.74) is 0.645. The van der Waals surface area contributed by atoms with Crippen molar-refractivity contribution >= 4 is 9.24 Å². The van der Waals surface area contributed by atoms with Crippen molar-refractivity contribution in [2.45, 2.75) is 39.0 Å². The normalized spacial score (nSPS) is 24.2. The van der Waals surface area contributed by atoms with E-state index in [4.69, 9.17) is 4.74 Å². The average Bonchev–Trinajstić information content (AvgIpc) is 2.73. The molecule has 0 N–H and O–H groups in total. The predicted octanol–water partition coefficient (Wildman–Crippen LogP) is 2.78. The van der Waals surface area contributed by atoms with E-state index in [-0.39, 0.29) is 0 Å². The summed E-state index contributed by atoms with van der Waals surface area (Å²) in [4.78, 5) is 2.66. The Hall–Kier alpha value is 0.350. The topological polar surface area (TPSA) is 12.5 Å². The van der Waals surface area contributed by atoms with Gasteiger partial charge in [0.2, 0.25) is 0 Å². The van der Waals surface area contributed by atoms with Crippen LogP contribution in [0.5, 0.6) is 0 Å². The lowest BCUT2D eigenvalue weighted by atomic mass is 9.80. The Morgan fingerprint density at radius 3 is 2.50 bits per heavy atom. The molecule has 0 aromatic rings. The minimum absolute atomic E-state index is 0.645. The van der Waals surface area contributed by atoms with Crippen LogP contribution in [0.15, 0.2) is 0 Å². The number of rotatable bonds is 3. The average molecular weight is 245 g/mol. The van der Waals surface area contributed by atoms with Crippen LogP contribution in [0.4, 0.5) is 0 Å². The van der Waals surface area contributed by atoms with Crippen molar-refractivity contribution in [2.24, 2.45) is 5.41 Å². The third kappa shape index (κ3) is 3.98. The van der Waals surface area contributed by atoms with E-state index < -0.39 is 0 Å². The summed E-state index contributed by atoms with van der Waals surface area (Å²) in [6.45, 7) is 10.2. The molecule has 3 heteroatoms. The highest BCUT2D eigenvalue weighted by Gasteiger charge is 2.38. The van der Waals surface area contributed by atoms with Gasteiger partial charge in [-0.15, -0.1) is 9.24 Å². The van der Waals surface area contributed by atoms with E-state index in [1.807, 2.05) is 6.66 Å². The molecule has 0 amide bonds. The molecule has 0 aromatic heterocycles. The van der Waals surface area contributed by atoms with Crippen LogP contribution in [0.2, 0.25) is 0 Å². The number of unbranched alkanes of at least 4 members (excludes halogenated alkanes) is 1. The maximum atomic E-state index is 5.45. The van der Waals surface area contributed by atoms with Gasteiger partial charge in [-0.2, -0.15) is 0 Å². The quantitative estimate of drug-likeness (QED) is 0.709. The lowest BCUT2D eigenvalue weighted by Gasteiger charge is -2.33. The molecule has 1 atom stereocenters. The molecule has 2 aliphatic rings. The first-order valence-corrected chi connectivity index (χ1v) is 7.88. The fourth-order valence-corrected chi connectivity index (χ4v) is 2.81. The van der Waals surface area contributed by atoms with Crippen molar-refractivity contribution in [2.75, 3.05) is 39.5 Å². The molecule has 96 valence electrons. The van der Waals surface area contributed by atoms with Gasteiger partial charge in [0.15, 0.2) is 0 Å². The summed E-state index contributed by atoms with van der Waals surface area (Å²) in [5, 5.41) is 0. The standard InChI is InChI=1S/C12H23NO.CH5P/c1-2-3-7-13-8-4-12(11-13)5-9-14-10-6-12;1-2/h2-11H2,1H3;2H2,1H3. The van der Waals surface area contributed by atoms with E-state index >= 15 is 0 Å². The van der Waals surface area contributed by atoms with E-state index in [0.29, 0.717) is 5.41 Å². The lowest BCUT2D eigenvalue weighted by molar-refractivity contribution is 0.0193. The van der Waals surface area contributed by atoms with Crippen LogP contribution in [0.1, 0.15) is 39.0 Å². The number of hydrogen-bond acceptors (Lipinski definition) is 2. The molecule has 2 rings (SSSR count). The molecule has 0 saturated carbocycles. The fourth-order valence-electron chi connectivity index (χ4n) is 2.81. The molecule has 2 saturated heterocycles. The Balaban J connectivity index is 0.000000606. The minimum Gasteiger partial charge on any atom is -0.381 e. The Labute approximate surface area is 103 Å². The zero-order chi connectivity index (χ0) is 11.9. The minimum atomic E-state index is 0.645. The maximum Gasteiger partial charge on any atom is 0.0471 e. The van der Waals surface area contributed by atoms with Gasteiger partial charge in [0.25, 0.3) is 0 Å². The molecule has 0 bridgehead atoms. The summed E-state index contributed by atoms with van der Waals surface area (Å²) >= 11 is 0. The first kappa shape index (κ1) is 14.4. The van der Waals surface area contributed by atoms with Crippen LogP contribution >= 0.6 is 9.24 Å². The Morgan fingerprint density at radius 1 is 1.19 bits per heavy atom. The second-order valence-electron chi connectivity index (χ2n) is 4.99. The van der Waals surface area contributed by atoms with Gasteiger partial charge in [0, 0.05) is 19.8 Å². The number of hydrogen-bond donors (Lipinski definition) is 0. The Morgan fingerprint density at radius 2 is 1.88 bits per heavy atom. The molecule has 16 heavy (non-hydrogen) atoms. The van der Waals surface area contributed by atoms with Crippen molar-refractivity contribution in [3.8, 4) is 0 Å². The second kappa shape index (κ2) is 7.63. The highest BCUT2D eigenvalue weighted by molar-refractivity contribution is 7.15. The molecule has 2 fully saturated rings. The molecule has 2 heterocycles. The molecule has 2 nitrogen and oxygen atoms in total. The van der Waals surface area contributed by atoms with Crippen molar-refractivity contribution in [3.05, 3.63) is 0 Å². The van der Waals surface area contributed by atoms with Gasteiger partial charge in [0.05, 0.1) is 0 Å². The van der Waals surface area contributed by atoms with Crippen molar-refractivity contribution < 1.29 is 4.74 Å². The molecule has 1 unspecified atom stereocenters. The molecule has 0 aromatic carbocycles. The van der Waals surface area contributed by atoms with E-state index in [0.717, 1.165) is 13.2 Å². The van der Waals surface area contributed by atoms with E-state index in [2.05, 4.69) is 21.1 Å². The van der Waals surface area contributed by atoms with Crippen molar-refractivity contribution in [1.82, 2.24) is 4.90 Å². The van der Waals surface area contributed by atoms with Crippen LogP contribution in [0.3, 0.4) is 0 Å². The second-order valence-corrected chi connectivity index (χ2v) is 4.99. The third-order valence-electron chi connectivity index (χ3n) is 3.90. The van der Waals surface area contributed by atoms with Gasteiger partial charge in [-0.05, 0) is 44.2 Å². The predicted molar refractivity (Wildman–Crippen MR) is 74.1 cm³/mol. The van der Waals surface area contributed by atoms with Gasteiger partial charge in [-0.1, -0.05) is 20.0 Å². The van der Waals surface area contributed by atoms with Gasteiger partial charge in [0.1, 0.15) is 0 Å². The summed E-state index contributed by atoms with van der Waals surface area (Å²) in [5.74, 6) is 0. The summed E-state index contributed by atoms with van der Waals surface area (Å²) in [7, 11) is 2.42. The molecular formula is C13H28NOP. The number of likely N-dealkylation sites (tertiary alicyclic amines) is 1. The zero-order valence-corrected chi connectivity index (χ0v) is 12.2. The SMILES string of the molecule is CCCCN1CCC2(CCOCC2)C1.CP. The molecule has 2 aliphatic heterocycles.